The molecule has 0 spiro atoms. The average Bonchev–Trinajstić information content (AvgIpc) is 3.22. The van der Waals surface area contributed by atoms with Crippen LogP contribution in [0.15, 0.2) is 82.1 Å². The molecule has 152 valence electrons. The predicted molar refractivity (Wildman–Crippen MR) is 115 cm³/mol. The second-order valence-electron chi connectivity index (χ2n) is 6.82. The lowest BCUT2D eigenvalue weighted by atomic mass is 10.1. The number of nitrogens with one attached hydrogen (secondary N) is 1. The summed E-state index contributed by atoms with van der Waals surface area (Å²) in [5.41, 5.74) is 2.34. The highest BCUT2D eigenvalue weighted by molar-refractivity contribution is 6.05. The van der Waals surface area contributed by atoms with Crippen LogP contribution in [0.4, 0.5) is 5.69 Å². The maximum atomic E-state index is 12.7. The minimum atomic E-state index is -0.687. The van der Waals surface area contributed by atoms with Crippen LogP contribution in [0, 0.1) is 0 Å². The number of benzene rings is 2. The van der Waals surface area contributed by atoms with E-state index < -0.39 is 11.5 Å². The van der Waals surface area contributed by atoms with Gasteiger partial charge in [-0.05, 0) is 30.3 Å². The van der Waals surface area contributed by atoms with Crippen molar-refractivity contribution in [2.24, 2.45) is 0 Å². The van der Waals surface area contributed by atoms with Gasteiger partial charge in [0.15, 0.2) is 5.65 Å². The van der Waals surface area contributed by atoms with E-state index in [1.807, 2.05) is 12.1 Å². The molecule has 3 aromatic heterocycles. The van der Waals surface area contributed by atoms with Gasteiger partial charge in [0, 0.05) is 22.7 Å². The third-order valence-electron chi connectivity index (χ3n) is 4.81. The van der Waals surface area contributed by atoms with Gasteiger partial charge in [0.05, 0.1) is 19.0 Å². The molecule has 1 N–H and O–H groups in total. The first-order valence-corrected chi connectivity index (χ1v) is 9.46. The van der Waals surface area contributed by atoms with Crippen molar-refractivity contribution in [1.82, 2.24) is 14.6 Å². The van der Waals surface area contributed by atoms with Crippen LogP contribution in [0.1, 0.15) is 10.4 Å². The molecule has 8 heteroatoms. The zero-order valence-electron chi connectivity index (χ0n) is 16.4. The van der Waals surface area contributed by atoms with Crippen LogP contribution in [0.5, 0.6) is 5.88 Å². The standard InChI is InChI=1S/C23H16N4O4/c1-30-21-10-9-20-25-18(13-27(20)26-21)14-6-4-7-16(11-14)24-22(28)17-12-15-5-2-3-8-19(15)31-23(17)29/h2-13H,1H3,(H,24,28). The number of rotatable bonds is 4. The predicted octanol–water partition coefficient (Wildman–Crippen LogP) is 3.76. The van der Waals surface area contributed by atoms with Crippen molar-refractivity contribution >= 4 is 28.2 Å². The van der Waals surface area contributed by atoms with Crippen molar-refractivity contribution < 1.29 is 13.9 Å². The second kappa shape index (κ2) is 7.42. The molecule has 0 atom stereocenters. The fourth-order valence-electron chi connectivity index (χ4n) is 3.29. The van der Waals surface area contributed by atoms with Gasteiger partial charge in [-0.2, -0.15) is 0 Å². The molecule has 0 fully saturated rings. The van der Waals surface area contributed by atoms with E-state index in [2.05, 4.69) is 15.4 Å². The summed E-state index contributed by atoms with van der Waals surface area (Å²) < 4.78 is 12.0. The number of ether oxygens (including phenoxy) is 1. The average molecular weight is 412 g/mol. The van der Waals surface area contributed by atoms with Gasteiger partial charge >= 0.3 is 5.63 Å². The van der Waals surface area contributed by atoms with Crippen LogP contribution in [0.3, 0.4) is 0 Å². The first-order chi connectivity index (χ1) is 15.1. The minimum absolute atomic E-state index is 0.0619. The Bertz CT molecular complexity index is 1500. The molecule has 0 bridgehead atoms. The summed E-state index contributed by atoms with van der Waals surface area (Å²) in [4.78, 5) is 29.5. The van der Waals surface area contributed by atoms with Crippen molar-refractivity contribution in [3.63, 3.8) is 0 Å². The Morgan fingerprint density at radius 1 is 1.06 bits per heavy atom. The molecule has 3 heterocycles. The lowest BCUT2D eigenvalue weighted by Crippen LogP contribution is -2.20. The molecular formula is C23H16N4O4. The Balaban J connectivity index is 1.45. The third kappa shape index (κ3) is 3.51. The quantitative estimate of drug-likeness (QED) is 0.451. The summed E-state index contributed by atoms with van der Waals surface area (Å²) in [6.07, 6.45) is 1.77. The number of aromatic nitrogens is 3. The molecule has 0 saturated carbocycles. The second-order valence-corrected chi connectivity index (χ2v) is 6.82. The van der Waals surface area contributed by atoms with E-state index in [0.717, 1.165) is 5.56 Å². The van der Waals surface area contributed by atoms with Crippen molar-refractivity contribution in [2.45, 2.75) is 0 Å². The van der Waals surface area contributed by atoms with Gasteiger partial charge in [-0.1, -0.05) is 30.3 Å². The molecule has 0 unspecified atom stereocenters. The largest absolute Gasteiger partial charge is 0.480 e. The van der Waals surface area contributed by atoms with Crippen molar-refractivity contribution in [1.29, 1.82) is 0 Å². The Labute approximate surface area is 175 Å². The monoisotopic (exact) mass is 412 g/mol. The number of carbonyl (C=O) groups is 1. The van der Waals surface area contributed by atoms with Gasteiger partial charge < -0.3 is 14.5 Å². The summed E-state index contributed by atoms with van der Waals surface area (Å²) in [5, 5.41) is 7.73. The van der Waals surface area contributed by atoms with Crippen molar-refractivity contribution in [3.8, 4) is 17.1 Å². The fraction of sp³-hybridized carbons (Fsp3) is 0.0435. The maximum absolute atomic E-state index is 12.7. The van der Waals surface area contributed by atoms with Gasteiger partial charge in [-0.15, -0.1) is 5.10 Å². The maximum Gasteiger partial charge on any atom is 0.349 e. The molecule has 0 radical (unpaired) electrons. The topological polar surface area (TPSA) is 98.7 Å². The van der Waals surface area contributed by atoms with Crippen LogP contribution in [0.2, 0.25) is 0 Å². The third-order valence-corrected chi connectivity index (χ3v) is 4.81. The van der Waals surface area contributed by atoms with E-state index in [9.17, 15) is 9.59 Å². The highest BCUT2D eigenvalue weighted by Crippen LogP contribution is 2.23. The van der Waals surface area contributed by atoms with Crippen LogP contribution < -0.4 is 15.7 Å². The number of imidazole rings is 1. The van der Waals surface area contributed by atoms with Gasteiger partial charge in [0.1, 0.15) is 11.1 Å². The van der Waals surface area contributed by atoms with Crippen LogP contribution in [0.25, 0.3) is 27.9 Å². The van der Waals surface area contributed by atoms with Gasteiger partial charge in [-0.25, -0.2) is 14.3 Å². The van der Waals surface area contributed by atoms with Crippen LogP contribution in [-0.4, -0.2) is 27.6 Å². The lowest BCUT2D eigenvalue weighted by Gasteiger charge is -2.06. The number of fused-ring (bicyclic) bond motifs is 2. The number of hydrogen-bond acceptors (Lipinski definition) is 6. The number of hydrogen-bond donors (Lipinski definition) is 1. The molecule has 0 aliphatic rings. The first kappa shape index (κ1) is 18.6. The molecule has 0 saturated heterocycles. The molecule has 2 aromatic carbocycles. The van der Waals surface area contributed by atoms with Gasteiger partial charge in [0.2, 0.25) is 5.88 Å². The van der Waals surface area contributed by atoms with Gasteiger partial charge in [-0.3, -0.25) is 4.79 Å². The highest BCUT2D eigenvalue weighted by atomic mass is 16.5. The Morgan fingerprint density at radius 2 is 1.94 bits per heavy atom. The number of carbonyl (C=O) groups excluding carboxylic acids is 1. The number of para-hydroxylation sites is 1. The SMILES string of the molecule is COc1ccc2nc(-c3cccc(NC(=O)c4cc5ccccc5oc4=O)c3)cn2n1. The summed E-state index contributed by atoms with van der Waals surface area (Å²) >= 11 is 0. The fourth-order valence-corrected chi connectivity index (χ4v) is 3.29. The molecule has 5 aromatic rings. The summed E-state index contributed by atoms with van der Waals surface area (Å²) in [6, 6.07) is 19.3. The smallest absolute Gasteiger partial charge is 0.349 e. The van der Waals surface area contributed by atoms with E-state index >= 15 is 0 Å². The van der Waals surface area contributed by atoms with E-state index in [1.165, 1.54) is 6.07 Å². The number of anilines is 1. The molecule has 8 nitrogen and oxygen atoms in total. The molecular weight excluding hydrogens is 396 g/mol. The normalized spacial score (nSPS) is 11.0. The van der Waals surface area contributed by atoms with Gasteiger partial charge in [0.25, 0.3) is 5.91 Å². The van der Waals surface area contributed by atoms with Crippen molar-refractivity contribution in [3.05, 3.63) is 88.9 Å². The van der Waals surface area contributed by atoms with Crippen molar-refractivity contribution in [2.75, 3.05) is 12.4 Å². The zero-order chi connectivity index (χ0) is 21.4. The van der Waals surface area contributed by atoms with E-state index in [4.69, 9.17) is 9.15 Å². The summed E-state index contributed by atoms with van der Waals surface area (Å²) in [7, 11) is 1.55. The Hall–Kier alpha value is -4.46. The zero-order valence-corrected chi connectivity index (χ0v) is 16.4. The van der Waals surface area contributed by atoms with E-state index in [-0.39, 0.29) is 5.56 Å². The molecule has 0 aliphatic carbocycles. The van der Waals surface area contributed by atoms with E-state index in [1.54, 1.807) is 66.4 Å². The van der Waals surface area contributed by atoms with Crippen LogP contribution >= 0.6 is 0 Å². The van der Waals surface area contributed by atoms with Crippen LogP contribution in [-0.2, 0) is 0 Å². The minimum Gasteiger partial charge on any atom is -0.480 e. The highest BCUT2D eigenvalue weighted by Gasteiger charge is 2.15. The molecule has 31 heavy (non-hydrogen) atoms. The molecule has 1 amide bonds. The molecule has 0 aliphatic heterocycles. The molecule has 5 rings (SSSR count). The lowest BCUT2D eigenvalue weighted by molar-refractivity contribution is 0.102. The Morgan fingerprint density at radius 3 is 2.81 bits per heavy atom. The summed E-state index contributed by atoms with van der Waals surface area (Å²) in [6.45, 7) is 0. The van der Waals surface area contributed by atoms with E-state index in [0.29, 0.717) is 33.9 Å². The number of nitrogens with zero attached hydrogens (tertiary/aromatic N) is 3. The Kier molecular flexibility index (Phi) is 4.44. The number of amides is 1. The first-order valence-electron chi connectivity index (χ1n) is 9.46. The summed E-state index contributed by atoms with van der Waals surface area (Å²) in [5.74, 6) is -0.0651. The number of methoxy groups -OCH3 is 1.